The second kappa shape index (κ2) is 7.97. The van der Waals surface area contributed by atoms with Crippen LogP contribution in [0.5, 0.6) is 11.5 Å². The lowest BCUT2D eigenvalue weighted by Gasteiger charge is -2.35. The van der Waals surface area contributed by atoms with Crippen LogP contribution in [0.15, 0.2) is 42.6 Å². The highest BCUT2D eigenvalue weighted by Crippen LogP contribution is 2.39. The van der Waals surface area contributed by atoms with Gasteiger partial charge in [-0.05, 0) is 61.1 Å². The van der Waals surface area contributed by atoms with Gasteiger partial charge < -0.3 is 19.4 Å². The molecule has 0 saturated carbocycles. The first kappa shape index (κ1) is 18.4. The molecule has 1 aliphatic heterocycles. The summed E-state index contributed by atoms with van der Waals surface area (Å²) in [5, 5.41) is 1.25. The van der Waals surface area contributed by atoms with Crippen LogP contribution in [0.1, 0.15) is 36.1 Å². The Balaban J connectivity index is 1.65. The molecular formula is C23H26N2O3. The third kappa shape index (κ3) is 3.33. The van der Waals surface area contributed by atoms with Crippen LogP contribution in [-0.2, 0) is 17.6 Å². The van der Waals surface area contributed by atoms with Crippen LogP contribution in [0.3, 0.4) is 0 Å². The van der Waals surface area contributed by atoms with E-state index in [0.29, 0.717) is 6.61 Å². The minimum absolute atomic E-state index is 0.0417. The van der Waals surface area contributed by atoms with Crippen molar-refractivity contribution in [3.8, 4) is 11.5 Å². The molecule has 0 spiro atoms. The van der Waals surface area contributed by atoms with Crippen LogP contribution in [0.2, 0.25) is 0 Å². The van der Waals surface area contributed by atoms with E-state index in [2.05, 4.69) is 41.5 Å². The van der Waals surface area contributed by atoms with Crippen molar-refractivity contribution in [1.29, 1.82) is 0 Å². The molecular weight excluding hydrogens is 352 g/mol. The fourth-order valence-electron chi connectivity index (χ4n) is 4.23. The van der Waals surface area contributed by atoms with E-state index in [4.69, 9.17) is 9.47 Å². The lowest BCUT2D eigenvalue weighted by Crippen LogP contribution is -2.34. The molecule has 2 heterocycles. The second-order valence-electron chi connectivity index (χ2n) is 7.14. The van der Waals surface area contributed by atoms with Gasteiger partial charge in [0.2, 0.25) is 6.41 Å². The number of H-pyrrole nitrogens is 1. The first-order valence-corrected chi connectivity index (χ1v) is 9.84. The largest absolute Gasteiger partial charge is 0.493 e. The Morgan fingerprint density at radius 1 is 1.25 bits per heavy atom. The Morgan fingerprint density at radius 3 is 2.89 bits per heavy atom. The normalized spacial score (nSPS) is 16.1. The smallest absolute Gasteiger partial charge is 0.210 e. The Hall–Kier alpha value is -2.95. The second-order valence-corrected chi connectivity index (χ2v) is 7.14. The predicted molar refractivity (Wildman–Crippen MR) is 110 cm³/mol. The number of nitrogens with zero attached hydrogens (tertiary/aromatic N) is 1. The number of aromatic amines is 1. The van der Waals surface area contributed by atoms with Gasteiger partial charge in [0.1, 0.15) is 0 Å². The number of nitrogens with one attached hydrogen (secondary N) is 1. The summed E-state index contributed by atoms with van der Waals surface area (Å²) in [5.41, 5.74) is 4.84. The Kier molecular flexibility index (Phi) is 5.24. The molecule has 3 aromatic rings. The summed E-state index contributed by atoms with van der Waals surface area (Å²) in [7, 11) is 1.67. The molecule has 146 valence electrons. The fraction of sp³-hybridized carbons (Fsp3) is 0.348. The van der Waals surface area contributed by atoms with Crippen LogP contribution in [0.25, 0.3) is 10.9 Å². The third-order valence-corrected chi connectivity index (χ3v) is 5.62. The average molecular weight is 378 g/mol. The van der Waals surface area contributed by atoms with E-state index in [1.54, 1.807) is 7.11 Å². The van der Waals surface area contributed by atoms with E-state index in [1.165, 1.54) is 22.1 Å². The highest BCUT2D eigenvalue weighted by atomic mass is 16.5. The van der Waals surface area contributed by atoms with Crippen LogP contribution < -0.4 is 9.47 Å². The summed E-state index contributed by atoms with van der Waals surface area (Å²) in [4.78, 5) is 17.0. The average Bonchev–Trinajstić information content (AvgIpc) is 3.15. The number of methoxy groups -OCH3 is 1. The van der Waals surface area contributed by atoms with Gasteiger partial charge in [-0.3, -0.25) is 4.79 Å². The number of aryl methyl sites for hydroxylation is 1. The number of para-hydroxylation sites is 1. The molecule has 0 bridgehead atoms. The zero-order valence-corrected chi connectivity index (χ0v) is 16.4. The molecule has 0 saturated heterocycles. The Labute approximate surface area is 165 Å². The van der Waals surface area contributed by atoms with Crippen molar-refractivity contribution >= 4 is 17.3 Å². The van der Waals surface area contributed by atoms with Gasteiger partial charge in [0.15, 0.2) is 11.5 Å². The van der Waals surface area contributed by atoms with Crippen molar-refractivity contribution in [1.82, 2.24) is 9.88 Å². The minimum atomic E-state index is 0.0417. The number of carbonyl (C=O) groups excluding carboxylic acids is 1. The van der Waals surface area contributed by atoms with Crippen LogP contribution >= 0.6 is 0 Å². The maximum atomic E-state index is 11.8. The molecule has 0 unspecified atom stereocenters. The van der Waals surface area contributed by atoms with Gasteiger partial charge in [0.05, 0.1) is 19.8 Å². The number of aromatic nitrogens is 1. The Bertz CT molecular complexity index is 979. The first-order chi connectivity index (χ1) is 13.7. The Morgan fingerprint density at radius 2 is 2.11 bits per heavy atom. The number of carbonyl (C=O) groups is 1. The molecule has 5 heteroatoms. The molecule has 0 fully saturated rings. The number of amides is 1. The number of rotatable bonds is 7. The lowest BCUT2D eigenvalue weighted by atomic mass is 9.88. The molecule has 0 aliphatic carbocycles. The number of hydrogen-bond acceptors (Lipinski definition) is 3. The van der Waals surface area contributed by atoms with Crippen LogP contribution in [0.4, 0.5) is 0 Å². The number of fused-ring (bicyclic) bond motifs is 2. The summed E-state index contributed by atoms with van der Waals surface area (Å²) in [6.07, 6.45) is 5.66. The van der Waals surface area contributed by atoms with Crippen molar-refractivity contribution in [3.63, 3.8) is 0 Å². The van der Waals surface area contributed by atoms with Crippen molar-refractivity contribution in [2.75, 3.05) is 20.3 Å². The summed E-state index contributed by atoms with van der Waals surface area (Å²) < 4.78 is 11.3. The minimum Gasteiger partial charge on any atom is -0.493 e. The molecule has 0 radical (unpaired) electrons. The van der Waals surface area contributed by atoms with E-state index >= 15 is 0 Å². The van der Waals surface area contributed by atoms with E-state index in [9.17, 15) is 4.79 Å². The van der Waals surface area contributed by atoms with Crippen molar-refractivity contribution in [2.45, 2.75) is 32.2 Å². The number of benzene rings is 2. The topological polar surface area (TPSA) is 54.6 Å². The lowest BCUT2D eigenvalue weighted by molar-refractivity contribution is -0.120. The molecule has 1 aliphatic rings. The monoisotopic (exact) mass is 378 g/mol. The van der Waals surface area contributed by atoms with E-state index in [-0.39, 0.29) is 6.04 Å². The van der Waals surface area contributed by atoms with Gasteiger partial charge in [-0.15, -0.1) is 0 Å². The fourth-order valence-corrected chi connectivity index (χ4v) is 4.23. The molecule has 1 N–H and O–H groups in total. The molecule has 28 heavy (non-hydrogen) atoms. The highest BCUT2D eigenvalue weighted by molar-refractivity contribution is 5.83. The summed E-state index contributed by atoms with van der Waals surface area (Å²) in [6.45, 7) is 3.27. The molecule has 4 rings (SSSR count). The number of hydrogen-bond donors (Lipinski definition) is 1. The molecule has 2 aromatic carbocycles. The maximum absolute atomic E-state index is 11.8. The third-order valence-electron chi connectivity index (χ3n) is 5.62. The number of ether oxygens (including phenoxy) is 2. The standard InChI is InChI=1S/C23H26N2O3/c1-3-28-23-13-19-16(12-22(23)27-2)10-11-25(15-26)21(19)9-8-17-14-24-20-7-5-4-6-18(17)20/h4-7,12-15,21,24H,3,8-11H2,1-2H3/t21-/m1/s1. The maximum Gasteiger partial charge on any atom is 0.210 e. The molecule has 5 nitrogen and oxygen atoms in total. The molecule has 1 atom stereocenters. The zero-order valence-electron chi connectivity index (χ0n) is 16.4. The van der Waals surface area contributed by atoms with Crippen molar-refractivity contribution < 1.29 is 14.3 Å². The van der Waals surface area contributed by atoms with Gasteiger partial charge in [-0.1, -0.05) is 18.2 Å². The van der Waals surface area contributed by atoms with Gasteiger partial charge >= 0.3 is 0 Å². The summed E-state index contributed by atoms with van der Waals surface area (Å²) in [6, 6.07) is 12.5. The van der Waals surface area contributed by atoms with E-state index in [0.717, 1.165) is 49.2 Å². The summed E-state index contributed by atoms with van der Waals surface area (Å²) in [5.74, 6) is 1.50. The van der Waals surface area contributed by atoms with Gasteiger partial charge in [0.25, 0.3) is 0 Å². The van der Waals surface area contributed by atoms with E-state index in [1.807, 2.05) is 17.9 Å². The van der Waals surface area contributed by atoms with Gasteiger partial charge in [-0.25, -0.2) is 0 Å². The van der Waals surface area contributed by atoms with E-state index < -0.39 is 0 Å². The van der Waals surface area contributed by atoms with Crippen LogP contribution in [0, 0.1) is 0 Å². The predicted octanol–water partition coefficient (Wildman–Crippen LogP) is 4.26. The quantitative estimate of drug-likeness (QED) is 0.625. The van der Waals surface area contributed by atoms with Crippen molar-refractivity contribution in [3.05, 3.63) is 59.3 Å². The zero-order chi connectivity index (χ0) is 19.5. The first-order valence-electron chi connectivity index (χ1n) is 9.84. The van der Waals surface area contributed by atoms with Crippen molar-refractivity contribution in [2.24, 2.45) is 0 Å². The van der Waals surface area contributed by atoms with Gasteiger partial charge in [0, 0.05) is 23.6 Å². The van der Waals surface area contributed by atoms with Crippen LogP contribution in [-0.4, -0.2) is 36.6 Å². The van der Waals surface area contributed by atoms with Gasteiger partial charge in [-0.2, -0.15) is 0 Å². The SMILES string of the molecule is CCOc1cc2c(cc1OC)CCN(C=O)[C@@H]2CCc1c[nH]c2ccccc12. The highest BCUT2D eigenvalue weighted by Gasteiger charge is 2.28. The summed E-state index contributed by atoms with van der Waals surface area (Å²) >= 11 is 0. The molecule has 1 amide bonds. The molecule has 1 aromatic heterocycles.